The van der Waals surface area contributed by atoms with E-state index in [2.05, 4.69) is 25.3 Å². The highest BCUT2D eigenvalue weighted by atomic mass is 16.2. The molecular weight excluding hydrogens is 386 g/mol. The summed E-state index contributed by atoms with van der Waals surface area (Å²) in [6, 6.07) is 9.91. The van der Waals surface area contributed by atoms with Crippen molar-refractivity contribution in [1.82, 2.24) is 34.8 Å². The number of para-hydroxylation sites is 1. The summed E-state index contributed by atoms with van der Waals surface area (Å²) in [5.74, 6) is 0.553. The molecule has 0 atom stereocenters. The first-order chi connectivity index (χ1) is 14.5. The zero-order valence-electron chi connectivity index (χ0n) is 16.4. The monoisotopic (exact) mass is 405 g/mol. The molecule has 0 unspecified atom stereocenters. The number of carbonyl (C=O) groups is 1. The van der Waals surface area contributed by atoms with Gasteiger partial charge in [-0.15, -0.1) is 0 Å². The predicted octanol–water partition coefficient (Wildman–Crippen LogP) is 1.16. The Morgan fingerprint density at radius 2 is 1.97 bits per heavy atom. The molecule has 1 aromatic carbocycles. The summed E-state index contributed by atoms with van der Waals surface area (Å²) < 4.78 is 1.48. The SMILES string of the molecule is CCN(Cc1nc2ccccc2c(=O)[nH]1)C(=O)c1cnn(-c2ccc(=O)[nH]n2)c1C. The van der Waals surface area contributed by atoms with Crippen LogP contribution in [-0.2, 0) is 6.54 Å². The van der Waals surface area contributed by atoms with Gasteiger partial charge in [0.2, 0.25) is 0 Å². The minimum atomic E-state index is -0.325. The van der Waals surface area contributed by atoms with Gasteiger partial charge in [0.05, 0.1) is 34.9 Å². The van der Waals surface area contributed by atoms with Crippen molar-refractivity contribution >= 4 is 16.8 Å². The van der Waals surface area contributed by atoms with Crippen molar-refractivity contribution < 1.29 is 4.79 Å². The molecule has 3 heterocycles. The third kappa shape index (κ3) is 3.50. The van der Waals surface area contributed by atoms with Gasteiger partial charge in [-0.05, 0) is 32.0 Å². The van der Waals surface area contributed by atoms with Crippen LogP contribution < -0.4 is 11.1 Å². The molecule has 0 bridgehead atoms. The molecule has 0 aliphatic carbocycles. The predicted molar refractivity (Wildman–Crippen MR) is 109 cm³/mol. The fourth-order valence-corrected chi connectivity index (χ4v) is 3.19. The highest BCUT2D eigenvalue weighted by Gasteiger charge is 2.21. The van der Waals surface area contributed by atoms with Crippen LogP contribution in [0, 0.1) is 6.92 Å². The second kappa shape index (κ2) is 7.74. The van der Waals surface area contributed by atoms with Gasteiger partial charge in [0.25, 0.3) is 17.0 Å². The third-order valence-electron chi connectivity index (χ3n) is 4.79. The number of carbonyl (C=O) groups excluding carboxylic acids is 1. The molecule has 4 rings (SSSR count). The molecule has 4 aromatic rings. The maximum Gasteiger partial charge on any atom is 0.264 e. The smallest absolute Gasteiger partial charge is 0.264 e. The number of fused-ring (bicyclic) bond motifs is 1. The quantitative estimate of drug-likeness (QED) is 0.513. The minimum absolute atomic E-state index is 0.150. The summed E-state index contributed by atoms with van der Waals surface area (Å²) in [5, 5.41) is 11.0. The standard InChI is InChI=1S/C20H19N7O3/c1-3-26(11-16-22-15-7-5-4-6-13(15)19(29)23-16)20(30)14-10-21-27(12(14)2)17-8-9-18(28)25-24-17/h4-10H,3,11H2,1-2H3,(H,25,28)(H,22,23,29). The molecule has 0 spiro atoms. The normalized spacial score (nSPS) is 11.0. The molecule has 2 N–H and O–H groups in total. The van der Waals surface area contributed by atoms with Crippen molar-refractivity contribution in [3.63, 3.8) is 0 Å². The number of aromatic nitrogens is 6. The van der Waals surface area contributed by atoms with Crippen LogP contribution in [0.25, 0.3) is 16.7 Å². The van der Waals surface area contributed by atoms with Gasteiger partial charge in [0, 0.05) is 12.6 Å². The zero-order valence-corrected chi connectivity index (χ0v) is 16.4. The Morgan fingerprint density at radius 3 is 2.70 bits per heavy atom. The zero-order chi connectivity index (χ0) is 21.3. The molecule has 1 amide bonds. The van der Waals surface area contributed by atoms with Crippen molar-refractivity contribution in [2.24, 2.45) is 0 Å². The first-order valence-electron chi connectivity index (χ1n) is 9.36. The summed E-state index contributed by atoms with van der Waals surface area (Å²) in [6.07, 6.45) is 1.46. The Bertz CT molecular complexity index is 1330. The maximum absolute atomic E-state index is 13.1. The lowest BCUT2D eigenvalue weighted by atomic mass is 10.2. The lowest BCUT2D eigenvalue weighted by Crippen LogP contribution is -2.32. The van der Waals surface area contributed by atoms with Crippen LogP contribution in [0.5, 0.6) is 0 Å². The highest BCUT2D eigenvalue weighted by Crippen LogP contribution is 2.15. The number of benzene rings is 1. The van der Waals surface area contributed by atoms with Gasteiger partial charge in [-0.3, -0.25) is 14.4 Å². The number of amides is 1. The molecule has 0 saturated heterocycles. The van der Waals surface area contributed by atoms with E-state index in [1.807, 2.05) is 13.0 Å². The van der Waals surface area contributed by atoms with Gasteiger partial charge >= 0.3 is 0 Å². The fraction of sp³-hybridized carbons (Fsp3) is 0.200. The van der Waals surface area contributed by atoms with Gasteiger partial charge in [-0.1, -0.05) is 12.1 Å². The first kappa shape index (κ1) is 19.2. The summed E-state index contributed by atoms with van der Waals surface area (Å²) in [6.45, 7) is 4.16. The van der Waals surface area contributed by atoms with Gasteiger partial charge in [-0.25, -0.2) is 14.8 Å². The van der Waals surface area contributed by atoms with Crippen LogP contribution in [0.3, 0.4) is 0 Å². The topological polar surface area (TPSA) is 130 Å². The molecule has 0 radical (unpaired) electrons. The van der Waals surface area contributed by atoms with E-state index in [0.29, 0.717) is 40.3 Å². The summed E-state index contributed by atoms with van der Waals surface area (Å²) >= 11 is 0. The van der Waals surface area contributed by atoms with Crippen molar-refractivity contribution in [3.8, 4) is 5.82 Å². The largest absolute Gasteiger partial charge is 0.331 e. The van der Waals surface area contributed by atoms with E-state index in [9.17, 15) is 14.4 Å². The maximum atomic E-state index is 13.1. The molecule has 30 heavy (non-hydrogen) atoms. The number of aromatic amines is 2. The van der Waals surface area contributed by atoms with Crippen LogP contribution in [0.15, 0.2) is 52.2 Å². The van der Waals surface area contributed by atoms with Gasteiger partial charge in [-0.2, -0.15) is 10.2 Å². The number of H-pyrrole nitrogens is 2. The van der Waals surface area contributed by atoms with Crippen LogP contribution in [0.1, 0.15) is 28.8 Å². The van der Waals surface area contributed by atoms with Gasteiger partial charge in [0.15, 0.2) is 5.82 Å². The number of hydrogen-bond donors (Lipinski definition) is 2. The third-order valence-corrected chi connectivity index (χ3v) is 4.79. The molecule has 0 aliphatic heterocycles. The Morgan fingerprint density at radius 1 is 1.17 bits per heavy atom. The molecule has 3 aromatic heterocycles. The number of rotatable bonds is 5. The lowest BCUT2D eigenvalue weighted by molar-refractivity contribution is 0.0747. The molecule has 10 heteroatoms. The van der Waals surface area contributed by atoms with Crippen molar-refractivity contribution in [2.45, 2.75) is 20.4 Å². The highest BCUT2D eigenvalue weighted by molar-refractivity contribution is 5.95. The van der Waals surface area contributed by atoms with Crippen molar-refractivity contribution in [1.29, 1.82) is 0 Å². The van der Waals surface area contributed by atoms with Gasteiger partial charge < -0.3 is 9.88 Å². The molecular formula is C20H19N7O3. The molecule has 0 fully saturated rings. The van der Waals surface area contributed by atoms with Crippen LogP contribution >= 0.6 is 0 Å². The van der Waals surface area contributed by atoms with E-state index in [1.165, 1.54) is 23.0 Å². The number of hydrogen-bond acceptors (Lipinski definition) is 6. The van der Waals surface area contributed by atoms with Gasteiger partial charge in [0.1, 0.15) is 5.82 Å². The Balaban J connectivity index is 1.63. The van der Waals surface area contributed by atoms with E-state index in [1.54, 1.807) is 30.0 Å². The number of nitrogens with zero attached hydrogens (tertiary/aromatic N) is 5. The summed E-state index contributed by atoms with van der Waals surface area (Å²) in [4.78, 5) is 45.4. The van der Waals surface area contributed by atoms with Crippen LogP contribution in [0.4, 0.5) is 0 Å². The first-order valence-corrected chi connectivity index (χ1v) is 9.36. The molecule has 0 saturated carbocycles. The van der Waals surface area contributed by atoms with Crippen molar-refractivity contribution in [3.05, 3.63) is 80.4 Å². The van der Waals surface area contributed by atoms with E-state index in [0.717, 1.165) is 0 Å². The molecule has 10 nitrogen and oxygen atoms in total. The minimum Gasteiger partial charge on any atom is -0.331 e. The average Bonchev–Trinajstić information content (AvgIpc) is 3.13. The molecule has 0 aliphatic rings. The van der Waals surface area contributed by atoms with E-state index in [4.69, 9.17) is 0 Å². The average molecular weight is 405 g/mol. The second-order valence-electron chi connectivity index (χ2n) is 6.68. The number of nitrogens with one attached hydrogen (secondary N) is 2. The Kier molecular flexibility index (Phi) is 4.97. The lowest BCUT2D eigenvalue weighted by Gasteiger charge is -2.20. The van der Waals surface area contributed by atoms with E-state index >= 15 is 0 Å². The Hall–Kier alpha value is -4.08. The van der Waals surface area contributed by atoms with Crippen LogP contribution in [0.2, 0.25) is 0 Å². The molecule has 152 valence electrons. The summed E-state index contributed by atoms with van der Waals surface area (Å²) in [7, 11) is 0. The van der Waals surface area contributed by atoms with Crippen LogP contribution in [-0.4, -0.2) is 47.3 Å². The van der Waals surface area contributed by atoms with E-state index < -0.39 is 0 Å². The summed E-state index contributed by atoms with van der Waals surface area (Å²) in [5.41, 5.74) is 0.986. The van der Waals surface area contributed by atoms with Crippen molar-refractivity contribution in [2.75, 3.05) is 6.54 Å². The second-order valence-corrected chi connectivity index (χ2v) is 6.68. The Labute approximate surface area is 170 Å². The fourth-order valence-electron chi connectivity index (χ4n) is 3.19. The van der Waals surface area contributed by atoms with E-state index in [-0.39, 0.29) is 23.6 Å².